The number of carbonyl (C=O) groups is 3. The summed E-state index contributed by atoms with van der Waals surface area (Å²) in [5, 5.41) is 0. The Morgan fingerprint density at radius 1 is 0.270 bits per heavy atom. The molecular formula is C68H118O6. The molecule has 0 aliphatic rings. The first-order chi connectivity index (χ1) is 36.5. The van der Waals surface area contributed by atoms with Crippen molar-refractivity contribution in [3.63, 3.8) is 0 Å². The highest BCUT2D eigenvalue weighted by Crippen LogP contribution is 2.15. The number of hydrogen-bond acceptors (Lipinski definition) is 6. The molecule has 0 fully saturated rings. The standard InChI is InChI=1S/C68H118O6/c1-4-7-10-13-16-19-22-25-28-30-32-33-34-35-37-38-40-43-46-49-52-55-58-61-67(70)73-64-65(63-72-66(69)60-57-54-51-48-45-42-27-24-21-18-15-12-9-6-3)74-68(71)62-59-56-53-50-47-44-41-39-36-31-29-26-23-20-17-14-11-8-5-2/h15,17-18,20,22,24-27,29-30,32,34-35,65H,4-14,16,19,21,23,28,31,33,36-64H2,1-3H3/b18-15-,20-17-,25-22-,27-24-,29-26-,32-30-,35-34-. The molecule has 1 atom stereocenters. The molecule has 0 saturated carbocycles. The largest absolute Gasteiger partial charge is 0.462 e. The summed E-state index contributed by atoms with van der Waals surface area (Å²) in [6.07, 6.45) is 81.5. The lowest BCUT2D eigenvalue weighted by atomic mass is 10.1. The van der Waals surface area contributed by atoms with Crippen LogP contribution in [0.15, 0.2) is 85.1 Å². The zero-order valence-electron chi connectivity index (χ0n) is 48.8. The Bertz CT molecular complexity index is 1420. The molecule has 74 heavy (non-hydrogen) atoms. The highest BCUT2D eigenvalue weighted by atomic mass is 16.6. The van der Waals surface area contributed by atoms with Gasteiger partial charge in [-0.15, -0.1) is 0 Å². The van der Waals surface area contributed by atoms with Gasteiger partial charge in [0, 0.05) is 19.3 Å². The first-order valence-electron chi connectivity index (χ1n) is 31.6. The molecule has 0 aliphatic heterocycles. The summed E-state index contributed by atoms with van der Waals surface area (Å²) < 4.78 is 16.9. The van der Waals surface area contributed by atoms with E-state index in [0.29, 0.717) is 19.3 Å². The summed E-state index contributed by atoms with van der Waals surface area (Å²) >= 11 is 0. The molecule has 426 valence electrons. The third-order valence-corrected chi connectivity index (χ3v) is 13.6. The van der Waals surface area contributed by atoms with Gasteiger partial charge in [-0.2, -0.15) is 0 Å². The fourth-order valence-corrected chi connectivity index (χ4v) is 8.79. The van der Waals surface area contributed by atoms with Crippen molar-refractivity contribution in [1.82, 2.24) is 0 Å². The lowest BCUT2D eigenvalue weighted by Crippen LogP contribution is -2.30. The van der Waals surface area contributed by atoms with Crippen LogP contribution in [0.3, 0.4) is 0 Å². The van der Waals surface area contributed by atoms with Crippen molar-refractivity contribution < 1.29 is 28.6 Å². The molecule has 0 rings (SSSR count). The average Bonchev–Trinajstić information content (AvgIpc) is 3.40. The number of allylic oxidation sites excluding steroid dienone is 14. The molecule has 0 bridgehead atoms. The van der Waals surface area contributed by atoms with Crippen molar-refractivity contribution in [2.75, 3.05) is 13.2 Å². The molecule has 0 aliphatic carbocycles. The van der Waals surface area contributed by atoms with Crippen molar-refractivity contribution in [2.24, 2.45) is 0 Å². The van der Waals surface area contributed by atoms with E-state index in [2.05, 4.69) is 106 Å². The van der Waals surface area contributed by atoms with Gasteiger partial charge in [0.1, 0.15) is 13.2 Å². The SMILES string of the molecule is CCCC/C=C\C/C=C\CCCCCCCC(=O)OCC(COC(=O)CCCCCCCCCC/C=C\C/C=C\C/C=C\CCCCCCC)OC(=O)CCCCCCCCCCC/C=C\C/C=C\CCCCC. The quantitative estimate of drug-likeness (QED) is 0.0261. The van der Waals surface area contributed by atoms with Gasteiger partial charge >= 0.3 is 17.9 Å². The highest BCUT2D eigenvalue weighted by Gasteiger charge is 2.19. The molecule has 0 radical (unpaired) electrons. The van der Waals surface area contributed by atoms with Crippen LogP contribution in [0.5, 0.6) is 0 Å². The van der Waals surface area contributed by atoms with Crippen molar-refractivity contribution >= 4 is 17.9 Å². The van der Waals surface area contributed by atoms with Gasteiger partial charge in [-0.25, -0.2) is 0 Å². The van der Waals surface area contributed by atoms with Crippen LogP contribution in [0.1, 0.15) is 310 Å². The summed E-state index contributed by atoms with van der Waals surface area (Å²) in [6, 6.07) is 0. The third kappa shape index (κ3) is 59.5. The fourth-order valence-electron chi connectivity index (χ4n) is 8.79. The minimum atomic E-state index is -0.790. The number of esters is 3. The molecule has 0 spiro atoms. The Balaban J connectivity index is 4.38. The maximum absolute atomic E-state index is 12.9. The Kier molecular flexibility index (Phi) is 59.3. The van der Waals surface area contributed by atoms with Gasteiger partial charge in [0.15, 0.2) is 6.10 Å². The van der Waals surface area contributed by atoms with E-state index in [1.165, 1.54) is 167 Å². The molecule has 0 N–H and O–H groups in total. The predicted molar refractivity (Wildman–Crippen MR) is 321 cm³/mol. The van der Waals surface area contributed by atoms with Crippen molar-refractivity contribution in [2.45, 2.75) is 316 Å². The van der Waals surface area contributed by atoms with Crippen molar-refractivity contribution in [1.29, 1.82) is 0 Å². The van der Waals surface area contributed by atoms with Gasteiger partial charge in [-0.3, -0.25) is 14.4 Å². The lowest BCUT2D eigenvalue weighted by molar-refractivity contribution is -0.167. The molecule has 1 unspecified atom stereocenters. The monoisotopic (exact) mass is 1030 g/mol. The zero-order valence-corrected chi connectivity index (χ0v) is 48.8. The molecule has 0 aromatic carbocycles. The summed E-state index contributed by atoms with van der Waals surface area (Å²) in [5.74, 6) is -0.901. The normalized spacial score (nSPS) is 12.6. The fraction of sp³-hybridized carbons (Fsp3) is 0.750. The average molecular weight is 1030 g/mol. The number of hydrogen-bond donors (Lipinski definition) is 0. The highest BCUT2D eigenvalue weighted by molar-refractivity contribution is 5.71. The van der Waals surface area contributed by atoms with Gasteiger partial charge in [-0.1, -0.05) is 260 Å². The van der Waals surface area contributed by atoms with Crippen LogP contribution in [0.4, 0.5) is 0 Å². The number of ether oxygens (including phenoxy) is 3. The van der Waals surface area contributed by atoms with Gasteiger partial charge in [0.05, 0.1) is 0 Å². The summed E-state index contributed by atoms with van der Waals surface area (Å²) in [6.45, 7) is 6.57. The van der Waals surface area contributed by atoms with Crippen LogP contribution < -0.4 is 0 Å². The van der Waals surface area contributed by atoms with Crippen molar-refractivity contribution in [3.05, 3.63) is 85.1 Å². The van der Waals surface area contributed by atoms with E-state index in [1.54, 1.807) is 0 Å². The maximum Gasteiger partial charge on any atom is 0.306 e. The van der Waals surface area contributed by atoms with E-state index in [-0.39, 0.29) is 31.1 Å². The second kappa shape index (κ2) is 62.1. The van der Waals surface area contributed by atoms with E-state index in [4.69, 9.17) is 14.2 Å². The molecular weight excluding hydrogens is 913 g/mol. The lowest BCUT2D eigenvalue weighted by Gasteiger charge is -2.18. The van der Waals surface area contributed by atoms with Gasteiger partial charge in [0.2, 0.25) is 0 Å². The minimum absolute atomic E-state index is 0.0862. The summed E-state index contributed by atoms with van der Waals surface area (Å²) in [7, 11) is 0. The van der Waals surface area contributed by atoms with Crippen LogP contribution in [0, 0.1) is 0 Å². The minimum Gasteiger partial charge on any atom is -0.462 e. The molecule has 0 aromatic rings. The first-order valence-corrected chi connectivity index (χ1v) is 31.6. The van der Waals surface area contributed by atoms with Crippen LogP contribution in [-0.4, -0.2) is 37.2 Å². The van der Waals surface area contributed by atoms with Crippen LogP contribution >= 0.6 is 0 Å². The summed E-state index contributed by atoms with van der Waals surface area (Å²) in [5.41, 5.74) is 0. The van der Waals surface area contributed by atoms with Crippen molar-refractivity contribution in [3.8, 4) is 0 Å². The van der Waals surface area contributed by atoms with E-state index in [0.717, 1.165) is 103 Å². The smallest absolute Gasteiger partial charge is 0.306 e. The topological polar surface area (TPSA) is 78.9 Å². The summed E-state index contributed by atoms with van der Waals surface area (Å²) in [4.78, 5) is 38.3. The van der Waals surface area contributed by atoms with E-state index < -0.39 is 6.10 Å². The zero-order chi connectivity index (χ0) is 53.6. The van der Waals surface area contributed by atoms with Crippen LogP contribution in [0.2, 0.25) is 0 Å². The molecule has 0 amide bonds. The van der Waals surface area contributed by atoms with Crippen LogP contribution in [0.25, 0.3) is 0 Å². The Hall–Kier alpha value is -3.41. The Labute approximate surface area is 458 Å². The van der Waals surface area contributed by atoms with Gasteiger partial charge in [-0.05, 0) is 116 Å². The van der Waals surface area contributed by atoms with Gasteiger partial charge < -0.3 is 14.2 Å². The maximum atomic E-state index is 12.9. The molecule has 6 heteroatoms. The molecule has 6 nitrogen and oxygen atoms in total. The van der Waals surface area contributed by atoms with E-state index in [1.807, 2.05) is 0 Å². The molecule has 0 aromatic heterocycles. The van der Waals surface area contributed by atoms with E-state index >= 15 is 0 Å². The van der Waals surface area contributed by atoms with Crippen LogP contribution in [-0.2, 0) is 28.6 Å². The Morgan fingerprint density at radius 2 is 0.500 bits per heavy atom. The predicted octanol–water partition coefficient (Wildman–Crippen LogP) is 21.5. The molecule has 0 heterocycles. The van der Waals surface area contributed by atoms with Gasteiger partial charge in [0.25, 0.3) is 0 Å². The molecule has 0 saturated heterocycles. The number of unbranched alkanes of at least 4 members (excludes halogenated alkanes) is 32. The Morgan fingerprint density at radius 3 is 0.824 bits per heavy atom. The first kappa shape index (κ1) is 70.6. The second-order valence-electron chi connectivity index (χ2n) is 21.0. The number of rotatable bonds is 57. The third-order valence-electron chi connectivity index (χ3n) is 13.6. The van der Waals surface area contributed by atoms with E-state index in [9.17, 15) is 14.4 Å². The number of carbonyl (C=O) groups excluding carboxylic acids is 3. The second-order valence-corrected chi connectivity index (χ2v) is 21.0.